The van der Waals surface area contributed by atoms with Crippen LogP contribution in [-0.2, 0) is 22.3 Å². The summed E-state index contributed by atoms with van der Waals surface area (Å²) in [5.74, 6) is -1.10. The molecule has 0 heterocycles. The minimum absolute atomic E-state index is 0.0535. The lowest BCUT2D eigenvalue weighted by Gasteiger charge is -2.06. The molecule has 0 fully saturated rings. The van der Waals surface area contributed by atoms with E-state index in [1.165, 1.54) is 12.1 Å². The Kier molecular flexibility index (Phi) is 10.1. The van der Waals surface area contributed by atoms with Crippen molar-refractivity contribution in [2.75, 3.05) is 13.2 Å². The van der Waals surface area contributed by atoms with Crippen LogP contribution in [0.2, 0.25) is 0 Å². The minimum atomic E-state index is -0.496. The zero-order valence-electron chi connectivity index (χ0n) is 19.7. The highest BCUT2D eigenvalue weighted by molar-refractivity contribution is 5.92. The molecular weight excluding hydrogens is 456 g/mol. The Morgan fingerprint density at radius 3 is 1.19 bits per heavy atom. The third-order valence-corrected chi connectivity index (χ3v) is 5.18. The van der Waals surface area contributed by atoms with Gasteiger partial charge in [0, 0.05) is 12.8 Å². The van der Waals surface area contributed by atoms with E-state index in [2.05, 4.69) is 0 Å². The number of hydrogen-bond donors (Lipinski definition) is 2. The smallest absolute Gasteiger partial charge is 0.341 e. The third kappa shape index (κ3) is 8.33. The first-order chi connectivity index (χ1) is 17.5. The second-order valence-electron chi connectivity index (χ2n) is 7.78. The molecule has 0 atom stereocenters. The van der Waals surface area contributed by atoms with Crippen LogP contribution in [0, 0.1) is 0 Å². The molecule has 0 aliphatic carbocycles. The molecule has 6 nitrogen and oxygen atoms in total. The van der Waals surface area contributed by atoms with Crippen molar-refractivity contribution in [1.29, 1.82) is 0 Å². The predicted molar refractivity (Wildman–Crippen MR) is 137 cm³/mol. The highest BCUT2D eigenvalue weighted by Gasteiger charge is 2.12. The normalized spacial score (nSPS) is 10.0. The number of carbonyl (C=O) groups excluding carboxylic acids is 2. The Bertz CT molecular complexity index is 1140. The lowest BCUT2D eigenvalue weighted by atomic mass is 10.2. The molecule has 4 aromatic rings. The first-order valence-electron chi connectivity index (χ1n) is 11.5. The lowest BCUT2D eigenvalue weighted by molar-refractivity contribution is 0.0496. The van der Waals surface area contributed by atoms with Gasteiger partial charge in [0.15, 0.2) is 0 Å². The first kappa shape index (κ1) is 26.0. The quantitative estimate of drug-likeness (QED) is 0.317. The van der Waals surface area contributed by atoms with Gasteiger partial charge < -0.3 is 19.7 Å². The van der Waals surface area contributed by atoms with Crippen molar-refractivity contribution in [3.63, 3.8) is 0 Å². The van der Waals surface area contributed by atoms with E-state index in [1.807, 2.05) is 60.7 Å². The zero-order chi connectivity index (χ0) is 25.6. The largest absolute Gasteiger partial charge is 0.507 e. The van der Waals surface area contributed by atoms with Crippen molar-refractivity contribution in [3.05, 3.63) is 131 Å². The summed E-state index contributed by atoms with van der Waals surface area (Å²) in [5.41, 5.74) is 2.63. The number of ether oxygens (including phenoxy) is 2. The van der Waals surface area contributed by atoms with Crippen molar-refractivity contribution in [3.8, 4) is 11.5 Å². The molecule has 0 spiro atoms. The Morgan fingerprint density at radius 1 is 0.500 bits per heavy atom. The van der Waals surface area contributed by atoms with Gasteiger partial charge in [-0.2, -0.15) is 0 Å². The van der Waals surface area contributed by atoms with E-state index >= 15 is 0 Å². The van der Waals surface area contributed by atoms with E-state index in [-0.39, 0.29) is 22.6 Å². The lowest BCUT2D eigenvalue weighted by Crippen LogP contribution is -2.08. The highest BCUT2D eigenvalue weighted by atomic mass is 16.5. The third-order valence-electron chi connectivity index (χ3n) is 5.18. The van der Waals surface area contributed by atoms with Crippen LogP contribution in [-0.4, -0.2) is 35.4 Å². The Hall–Kier alpha value is -4.58. The standard InChI is InChI=1S/2C15H14O3/c2*16-14-9-5-4-8-13(14)15(17)18-11-10-12-6-2-1-3-7-12/h2*1-9,16H,10-11H2. The molecule has 0 saturated heterocycles. The van der Waals surface area contributed by atoms with Gasteiger partial charge in [-0.3, -0.25) is 0 Å². The molecular formula is C30H28O6. The number of phenols is 2. The summed E-state index contributed by atoms with van der Waals surface area (Å²) < 4.78 is 10.2. The molecule has 0 aliphatic rings. The number of phenolic OH excluding ortho intramolecular Hbond substituents is 2. The maximum Gasteiger partial charge on any atom is 0.341 e. The molecule has 2 N–H and O–H groups in total. The van der Waals surface area contributed by atoms with Gasteiger partial charge in [-0.1, -0.05) is 84.9 Å². The van der Waals surface area contributed by atoms with E-state index in [0.29, 0.717) is 26.1 Å². The maximum atomic E-state index is 11.7. The summed E-state index contributed by atoms with van der Waals surface area (Å²) >= 11 is 0. The predicted octanol–water partition coefficient (Wildman–Crippen LogP) is 5.58. The average molecular weight is 485 g/mol. The molecule has 184 valence electrons. The molecule has 4 aromatic carbocycles. The highest BCUT2D eigenvalue weighted by Crippen LogP contribution is 2.17. The van der Waals surface area contributed by atoms with Crippen LogP contribution < -0.4 is 0 Å². The Labute approximate surface area is 210 Å². The van der Waals surface area contributed by atoms with Gasteiger partial charge in [0.05, 0.1) is 13.2 Å². The van der Waals surface area contributed by atoms with Crippen LogP contribution >= 0.6 is 0 Å². The fourth-order valence-electron chi connectivity index (χ4n) is 3.26. The Morgan fingerprint density at radius 2 is 0.833 bits per heavy atom. The molecule has 0 aliphatic heterocycles. The summed E-state index contributed by atoms with van der Waals surface area (Å²) in [6.45, 7) is 0.606. The SMILES string of the molecule is O=C(OCCc1ccccc1)c1ccccc1O.O=C(OCCc1ccccc1)c1ccccc1O. The molecule has 6 heteroatoms. The van der Waals surface area contributed by atoms with Crippen LogP contribution in [0.25, 0.3) is 0 Å². The van der Waals surface area contributed by atoms with Crippen LogP contribution in [0.1, 0.15) is 31.8 Å². The van der Waals surface area contributed by atoms with Crippen molar-refractivity contribution < 1.29 is 29.3 Å². The van der Waals surface area contributed by atoms with Crippen molar-refractivity contribution in [2.24, 2.45) is 0 Å². The van der Waals surface area contributed by atoms with E-state index < -0.39 is 11.9 Å². The maximum absolute atomic E-state index is 11.7. The van der Waals surface area contributed by atoms with Gasteiger partial charge in [-0.15, -0.1) is 0 Å². The van der Waals surface area contributed by atoms with Crippen molar-refractivity contribution >= 4 is 11.9 Å². The molecule has 4 rings (SSSR count). The summed E-state index contributed by atoms with van der Waals surface area (Å²) in [6.07, 6.45) is 1.33. The van der Waals surface area contributed by atoms with Gasteiger partial charge in [0.25, 0.3) is 0 Å². The number of benzene rings is 4. The number of para-hydroxylation sites is 2. The fraction of sp³-hybridized carbons (Fsp3) is 0.133. The Balaban J connectivity index is 0.000000201. The van der Waals surface area contributed by atoms with E-state index in [4.69, 9.17) is 9.47 Å². The van der Waals surface area contributed by atoms with Crippen molar-refractivity contribution in [1.82, 2.24) is 0 Å². The number of rotatable bonds is 8. The van der Waals surface area contributed by atoms with Gasteiger partial charge in [-0.25, -0.2) is 9.59 Å². The van der Waals surface area contributed by atoms with Crippen LogP contribution in [0.3, 0.4) is 0 Å². The zero-order valence-corrected chi connectivity index (χ0v) is 19.7. The summed E-state index contributed by atoms with van der Waals surface area (Å²) in [7, 11) is 0. The molecule has 0 saturated carbocycles. The molecule has 0 radical (unpaired) electrons. The fourth-order valence-corrected chi connectivity index (χ4v) is 3.26. The van der Waals surface area contributed by atoms with E-state index in [1.54, 1.807) is 36.4 Å². The molecule has 0 bridgehead atoms. The van der Waals surface area contributed by atoms with Gasteiger partial charge in [-0.05, 0) is 35.4 Å². The van der Waals surface area contributed by atoms with Gasteiger partial charge >= 0.3 is 11.9 Å². The van der Waals surface area contributed by atoms with Crippen LogP contribution in [0.5, 0.6) is 11.5 Å². The molecule has 0 aromatic heterocycles. The van der Waals surface area contributed by atoms with Crippen LogP contribution in [0.4, 0.5) is 0 Å². The van der Waals surface area contributed by atoms with Gasteiger partial charge in [0.1, 0.15) is 22.6 Å². The van der Waals surface area contributed by atoms with Crippen molar-refractivity contribution in [2.45, 2.75) is 12.8 Å². The molecule has 0 amide bonds. The second kappa shape index (κ2) is 14.0. The second-order valence-corrected chi connectivity index (χ2v) is 7.78. The minimum Gasteiger partial charge on any atom is -0.507 e. The number of esters is 2. The monoisotopic (exact) mass is 484 g/mol. The number of aromatic hydroxyl groups is 2. The first-order valence-corrected chi connectivity index (χ1v) is 11.5. The van der Waals surface area contributed by atoms with E-state index in [0.717, 1.165) is 11.1 Å². The number of carbonyl (C=O) groups is 2. The summed E-state index contributed by atoms with van der Waals surface area (Å²) in [6, 6.07) is 32.3. The average Bonchev–Trinajstić information content (AvgIpc) is 2.91. The molecule has 36 heavy (non-hydrogen) atoms. The van der Waals surface area contributed by atoms with E-state index in [9.17, 15) is 19.8 Å². The number of hydrogen-bond acceptors (Lipinski definition) is 6. The summed E-state index contributed by atoms with van der Waals surface area (Å²) in [4.78, 5) is 23.3. The van der Waals surface area contributed by atoms with Gasteiger partial charge in [0.2, 0.25) is 0 Å². The summed E-state index contributed by atoms with van der Waals surface area (Å²) in [5, 5.41) is 19.0. The van der Waals surface area contributed by atoms with Crippen LogP contribution in [0.15, 0.2) is 109 Å². The molecule has 0 unspecified atom stereocenters. The topological polar surface area (TPSA) is 93.1 Å².